The predicted molar refractivity (Wildman–Crippen MR) is 65.0 cm³/mol. The Labute approximate surface area is 105 Å². The topological polar surface area (TPSA) is 55.8 Å². The van der Waals surface area contributed by atoms with Crippen molar-refractivity contribution in [2.75, 3.05) is 14.2 Å². The van der Waals surface area contributed by atoms with Crippen LogP contribution in [0.4, 0.5) is 0 Å². The number of carbonyl (C=O) groups is 1. The van der Waals surface area contributed by atoms with E-state index in [1.54, 1.807) is 32.4 Å². The molecular weight excluding hydrogens is 244 g/mol. The Morgan fingerprint density at radius 1 is 1.35 bits per heavy atom. The SMILES string of the molecule is COc1ccc(C(Cl)CCC(=O)O)cc1OC. The summed E-state index contributed by atoms with van der Waals surface area (Å²) in [6.45, 7) is 0. The van der Waals surface area contributed by atoms with Crippen molar-refractivity contribution >= 4 is 17.6 Å². The molecule has 0 saturated heterocycles. The first-order valence-corrected chi connectivity index (χ1v) is 5.60. The van der Waals surface area contributed by atoms with E-state index in [9.17, 15) is 4.79 Å². The van der Waals surface area contributed by atoms with Gasteiger partial charge in [0, 0.05) is 6.42 Å². The first-order chi connectivity index (χ1) is 8.08. The molecule has 5 heteroatoms. The maximum atomic E-state index is 10.5. The fourth-order valence-corrected chi connectivity index (χ4v) is 1.71. The van der Waals surface area contributed by atoms with E-state index in [4.69, 9.17) is 26.2 Å². The summed E-state index contributed by atoms with van der Waals surface area (Å²) in [4.78, 5) is 10.5. The quantitative estimate of drug-likeness (QED) is 0.797. The molecule has 1 rings (SSSR count). The van der Waals surface area contributed by atoms with Gasteiger partial charge in [0.05, 0.1) is 19.6 Å². The predicted octanol–water partition coefficient (Wildman–Crippen LogP) is 2.85. The molecular formula is C12H15ClO4. The molecule has 94 valence electrons. The molecule has 0 amide bonds. The van der Waals surface area contributed by atoms with E-state index >= 15 is 0 Å². The highest BCUT2D eigenvalue weighted by molar-refractivity contribution is 6.20. The van der Waals surface area contributed by atoms with Crippen molar-refractivity contribution in [3.8, 4) is 11.5 Å². The highest BCUT2D eigenvalue weighted by Gasteiger charge is 2.13. The number of aliphatic carboxylic acids is 1. The minimum atomic E-state index is -0.851. The van der Waals surface area contributed by atoms with Crippen molar-refractivity contribution in [3.05, 3.63) is 23.8 Å². The number of carboxylic acids is 1. The van der Waals surface area contributed by atoms with Gasteiger partial charge in [0.25, 0.3) is 0 Å². The van der Waals surface area contributed by atoms with Crippen molar-refractivity contribution in [1.82, 2.24) is 0 Å². The van der Waals surface area contributed by atoms with Gasteiger partial charge in [-0.1, -0.05) is 6.07 Å². The van der Waals surface area contributed by atoms with Gasteiger partial charge < -0.3 is 14.6 Å². The Bertz CT molecular complexity index is 392. The van der Waals surface area contributed by atoms with Gasteiger partial charge in [0.15, 0.2) is 11.5 Å². The van der Waals surface area contributed by atoms with E-state index in [0.717, 1.165) is 5.56 Å². The first kappa shape index (κ1) is 13.6. The molecule has 0 saturated carbocycles. The summed E-state index contributed by atoms with van der Waals surface area (Å²) in [5.74, 6) is 0.362. The zero-order valence-electron chi connectivity index (χ0n) is 9.77. The molecule has 1 aromatic rings. The summed E-state index contributed by atoms with van der Waals surface area (Å²) >= 11 is 6.12. The number of rotatable bonds is 6. The van der Waals surface area contributed by atoms with Crippen molar-refractivity contribution in [2.45, 2.75) is 18.2 Å². The molecule has 0 fully saturated rings. The maximum absolute atomic E-state index is 10.5. The summed E-state index contributed by atoms with van der Waals surface area (Å²) in [5, 5.41) is 8.25. The molecule has 1 N–H and O–H groups in total. The summed E-state index contributed by atoms with van der Waals surface area (Å²) in [5.41, 5.74) is 0.825. The maximum Gasteiger partial charge on any atom is 0.303 e. The van der Waals surface area contributed by atoms with Crippen LogP contribution in [-0.4, -0.2) is 25.3 Å². The summed E-state index contributed by atoms with van der Waals surface area (Å²) in [6.07, 6.45) is 0.425. The van der Waals surface area contributed by atoms with Gasteiger partial charge in [-0.05, 0) is 24.1 Å². The average Bonchev–Trinajstić information content (AvgIpc) is 2.34. The Morgan fingerprint density at radius 3 is 2.53 bits per heavy atom. The van der Waals surface area contributed by atoms with Gasteiger partial charge in [-0.25, -0.2) is 0 Å². The minimum absolute atomic E-state index is 0.0442. The van der Waals surface area contributed by atoms with Crippen molar-refractivity contribution < 1.29 is 19.4 Å². The summed E-state index contributed by atoms with van der Waals surface area (Å²) < 4.78 is 10.3. The number of methoxy groups -OCH3 is 2. The monoisotopic (exact) mass is 258 g/mol. The van der Waals surface area contributed by atoms with Crippen LogP contribution in [0.25, 0.3) is 0 Å². The second kappa shape index (κ2) is 6.35. The molecule has 0 aliphatic carbocycles. The smallest absolute Gasteiger partial charge is 0.303 e. The van der Waals surface area contributed by atoms with E-state index < -0.39 is 5.97 Å². The second-order valence-electron chi connectivity index (χ2n) is 3.51. The number of halogens is 1. The van der Waals surface area contributed by atoms with Crippen LogP contribution in [-0.2, 0) is 4.79 Å². The summed E-state index contributed by atoms with van der Waals surface area (Å²) in [7, 11) is 3.10. The van der Waals surface area contributed by atoms with Crippen LogP contribution in [0.2, 0.25) is 0 Å². The fraction of sp³-hybridized carbons (Fsp3) is 0.417. The number of carboxylic acid groups (broad SMARTS) is 1. The molecule has 1 aromatic carbocycles. The van der Waals surface area contributed by atoms with Crippen molar-refractivity contribution in [1.29, 1.82) is 0 Å². The highest BCUT2D eigenvalue weighted by Crippen LogP contribution is 2.33. The zero-order valence-corrected chi connectivity index (χ0v) is 10.5. The van der Waals surface area contributed by atoms with Gasteiger partial charge >= 0.3 is 5.97 Å². The van der Waals surface area contributed by atoms with Crippen LogP contribution in [0, 0.1) is 0 Å². The lowest BCUT2D eigenvalue weighted by molar-refractivity contribution is -0.137. The van der Waals surface area contributed by atoms with Crippen molar-refractivity contribution in [2.24, 2.45) is 0 Å². The molecule has 0 bridgehead atoms. The molecule has 0 spiro atoms. The Morgan fingerprint density at radius 2 is 2.00 bits per heavy atom. The lowest BCUT2D eigenvalue weighted by atomic mass is 10.1. The molecule has 1 atom stereocenters. The summed E-state index contributed by atoms with van der Waals surface area (Å²) in [6, 6.07) is 5.32. The molecule has 1 unspecified atom stereocenters. The van der Waals surface area contributed by atoms with Gasteiger partial charge in [0.2, 0.25) is 0 Å². The van der Waals surface area contributed by atoms with E-state index in [2.05, 4.69) is 0 Å². The zero-order chi connectivity index (χ0) is 12.8. The van der Waals surface area contributed by atoms with Gasteiger partial charge in [-0.3, -0.25) is 4.79 Å². The Hall–Kier alpha value is -1.42. The minimum Gasteiger partial charge on any atom is -0.493 e. The Balaban J connectivity index is 2.80. The molecule has 0 radical (unpaired) electrons. The van der Waals surface area contributed by atoms with Crippen LogP contribution >= 0.6 is 11.6 Å². The van der Waals surface area contributed by atoms with E-state index in [-0.39, 0.29) is 11.8 Å². The third kappa shape index (κ3) is 3.82. The molecule has 0 aliphatic heterocycles. The molecule has 4 nitrogen and oxygen atoms in total. The molecule has 17 heavy (non-hydrogen) atoms. The molecule has 0 aliphatic rings. The van der Waals surface area contributed by atoms with Gasteiger partial charge in [0.1, 0.15) is 0 Å². The third-order valence-corrected chi connectivity index (χ3v) is 2.85. The van der Waals surface area contributed by atoms with Gasteiger partial charge in [-0.2, -0.15) is 0 Å². The number of hydrogen-bond donors (Lipinski definition) is 1. The fourth-order valence-electron chi connectivity index (χ4n) is 1.46. The average molecular weight is 259 g/mol. The third-order valence-electron chi connectivity index (χ3n) is 2.38. The van der Waals surface area contributed by atoms with Crippen LogP contribution in [0.3, 0.4) is 0 Å². The normalized spacial score (nSPS) is 11.9. The first-order valence-electron chi connectivity index (χ1n) is 5.16. The van der Waals surface area contributed by atoms with Crippen LogP contribution in [0.1, 0.15) is 23.8 Å². The molecule has 0 heterocycles. The van der Waals surface area contributed by atoms with E-state index in [1.807, 2.05) is 0 Å². The van der Waals surface area contributed by atoms with Crippen LogP contribution < -0.4 is 9.47 Å². The van der Waals surface area contributed by atoms with E-state index in [0.29, 0.717) is 17.9 Å². The second-order valence-corrected chi connectivity index (χ2v) is 4.04. The number of hydrogen-bond acceptors (Lipinski definition) is 3. The Kier molecular flexibility index (Phi) is 5.10. The van der Waals surface area contributed by atoms with Crippen LogP contribution in [0.5, 0.6) is 11.5 Å². The molecule has 0 aromatic heterocycles. The lowest BCUT2D eigenvalue weighted by Crippen LogP contribution is -1.99. The van der Waals surface area contributed by atoms with Crippen LogP contribution in [0.15, 0.2) is 18.2 Å². The number of alkyl halides is 1. The standard InChI is InChI=1S/C12H15ClO4/c1-16-10-5-3-8(7-11(10)17-2)9(13)4-6-12(14)15/h3,5,7,9H,4,6H2,1-2H3,(H,14,15). The number of ether oxygens (including phenoxy) is 2. The number of benzene rings is 1. The largest absolute Gasteiger partial charge is 0.493 e. The highest BCUT2D eigenvalue weighted by atomic mass is 35.5. The van der Waals surface area contributed by atoms with Gasteiger partial charge in [-0.15, -0.1) is 11.6 Å². The lowest BCUT2D eigenvalue weighted by Gasteiger charge is -2.12. The van der Waals surface area contributed by atoms with E-state index in [1.165, 1.54) is 0 Å². The van der Waals surface area contributed by atoms with Crippen molar-refractivity contribution in [3.63, 3.8) is 0 Å².